The second-order valence-corrected chi connectivity index (χ2v) is 5.77. The Kier molecular flexibility index (Phi) is 6.56. The molecule has 0 aliphatic heterocycles. The summed E-state index contributed by atoms with van der Waals surface area (Å²) in [7, 11) is 0. The normalized spacial score (nSPS) is 10.4. The molecule has 0 atom stereocenters. The predicted molar refractivity (Wildman–Crippen MR) is 96.6 cm³/mol. The number of amides is 3. The molecule has 1 aromatic heterocycles. The topological polar surface area (TPSA) is 87.5 Å². The molecule has 0 aliphatic carbocycles. The average molecular weight is 344 g/mol. The Bertz CT molecular complexity index is 709. The van der Waals surface area contributed by atoms with E-state index in [0.717, 1.165) is 12.8 Å². The molecule has 0 saturated carbocycles. The van der Waals surface area contributed by atoms with E-state index in [4.69, 9.17) is 4.52 Å². The van der Waals surface area contributed by atoms with Crippen LogP contribution in [0, 0.1) is 6.92 Å². The Balaban J connectivity index is 1.95. The molecule has 0 fully saturated rings. The number of nitrogens with one attached hydrogen (secondary N) is 2. The first kappa shape index (κ1) is 18.5. The molecule has 3 amide bonds. The molecule has 25 heavy (non-hydrogen) atoms. The number of hydrogen-bond donors (Lipinski definition) is 2. The zero-order valence-corrected chi connectivity index (χ0v) is 14.8. The van der Waals surface area contributed by atoms with Gasteiger partial charge in [-0.25, -0.2) is 4.79 Å². The van der Waals surface area contributed by atoms with Gasteiger partial charge in [-0.05, 0) is 37.5 Å². The highest BCUT2D eigenvalue weighted by atomic mass is 16.5. The van der Waals surface area contributed by atoms with Crippen LogP contribution in [0.3, 0.4) is 0 Å². The van der Waals surface area contributed by atoms with E-state index >= 15 is 0 Å². The largest absolute Gasteiger partial charge is 0.360 e. The molecule has 2 aromatic rings. The number of carbonyl (C=O) groups excluding carboxylic acids is 2. The fourth-order valence-electron chi connectivity index (χ4n) is 2.33. The summed E-state index contributed by atoms with van der Waals surface area (Å²) in [4.78, 5) is 26.1. The van der Waals surface area contributed by atoms with Gasteiger partial charge in [-0.3, -0.25) is 4.79 Å². The van der Waals surface area contributed by atoms with Crippen molar-refractivity contribution in [3.63, 3.8) is 0 Å². The first-order valence-corrected chi connectivity index (χ1v) is 8.39. The summed E-state index contributed by atoms with van der Waals surface area (Å²) in [6, 6.07) is 8.98. The summed E-state index contributed by atoms with van der Waals surface area (Å²) in [5, 5.41) is 9.16. The first-order chi connectivity index (χ1) is 12.0. The maximum Gasteiger partial charge on any atom is 0.322 e. The van der Waals surface area contributed by atoms with Gasteiger partial charge >= 0.3 is 6.03 Å². The quantitative estimate of drug-likeness (QED) is 0.805. The van der Waals surface area contributed by atoms with Gasteiger partial charge in [0.1, 0.15) is 12.3 Å². The van der Waals surface area contributed by atoms with E-state index in [0.29, 0.717) is 23.8 Å². The molecular weight excluding hydrogens is 320 g/mol. The molecule has 0 spiro atoms. The molecule has 7 nitrogen and oxygen atoms in total. The van der Waals surface area contributed by atoms with E-state index in [1.807, 2.05) is 31.2 Å². The first-order valence-electron chi connectivity index (χ1n) is 8.39. The number of urea groups is 1. The molecule has 1 aromatic carbocycles. The number of hydrogen-bond acceptors (Lipinski definition) is 4. The van der Waals surface area contributed by atoms with Crippen LogP contribution in [0.4, 0.5) is 16.3 Å². The van der Waals surface area contributed by atoms with Gasteiger partial charge in [-0.1, -0.05) is 31.1 Å². The third kappa shape index (κ3) is 5.63. The van der Waals surface area contributed by atoms with Crippen molar-refractivity contribution in [2.75, 3.05) is 23.7 Å². The smallest absolute Gasteiger partial charge is 0.322 e. The summed E-state index contributed by atoms with van der Waals surface area (Å²) in [6.45, 7) is 6.19. The van der Waals surface area contributed by atoms with E-state index in [9.17, 15) is 9.59 Å². The zero-order chi connectivity index (χ0) is 18.2. The van der Waals surface area contributed by atoms with Gasteiger partial charge in [0.15, 0.2) is 5.82 Å². The minimum absolute atomic E-state index is 0.0569. The van der Waals surface area contributed by atoms with Crippen LogP contribution < -0.4 is 10.6 Å². The molecule has 0 aliphatic rings. The fourth-order valence-corrected chi connectivity index (χ4v) is 2.33. The molecule has 0 radical (unpaired) electrons. The minimum Gasteiger partial charge on any atom is -0.360 e. The molecule has 1 heterocycles. The van der Waals surface area contributed by atoms with E-state index in [1.54, 1.807) is 13.0 Å². The zero-order valence-electron chi connectivity index (χ0n) is 14.8. The lowest BCUT2D eigenvalue weighted by molar-refractivity contribution is -0.116. The van der Waals surface area contributed by atoms with Gasteiger partial charge in [0.25, 0.3) is 0 Å². The number of carbonyl (C=O) groups is 2. The van der Waals surface area contributed by atoms with Crippen LogP contribution in [-0.2, 0) is 11.2 Å². The van der Waals surface area contributed by atoms with Crippen LogP contribution >= 0.6 is 0 Å². The predicted octanol–water partition coefficient (Wildman–Crippen LogP) is 3.43. The highest BCUT2D eigenvalue weighted by Gasteiger charge is 2.17. The number of rotatable bonds is 7. The molecule has 0 unspecified atom stereocenters. The molecule has 0 bridgehead atoms. The van der Waals surface area contributed by atoms with Crippen molar-refractivity contribution in [3.05, 3.63) is 41.7 Å². The van der Waals surface area contributed by atoms with Crippen molar-refractivity contribution >= 4 is 23.4 Å². The van der Waals surface area contributed by atoms with E-state index in [2.05, 4.69) is 22.7 Å². The SMILES string of the molecule is CCCN(CC(=O)Nc1cc(C)on1)C(=O)Nc1ccc(CC)cc1. The maximum atomic E-state index is 12.4. The number of aryl methyl sites for hydroxylation is 2. The Morgan fingerprint density at radius 1 is 1.16 bits per heavy atom. The van der Waals surface area contributed by atoms with Crippen molar-refractivity contribution in [1.29, 1.82) is 0 Å². The molecule has 0 saturated heterocycles. The monoisotopic (exact) mass is 344 g/mol. The standard InChI is InChI=1S/C18H24N4O3/c1-4-10-22(12-17(23)20-16-11-13(3)25-21-16)18(24)19-15-8-6-14(5-2)7-9-15/h6-9,11H,4-5,10,12H2,1-3H3,(H,19,24)(H,20,21,23). The van der Waals surface area contributed by atoms with E-state index < -0.39 is 0 Å². The van der Waals surface area contributed by atoms with Gasteiger partial charge in [0.2, 0.25) is 5.91 Å². The molecule has 7 heteroatoms. The third-order valence-electron chi connectivity index (χ3n) is 3.62. The average Bonchev–Trinajstić information content (AvgIpc) is 2.99. The maximum absolute atomic E-state index is 12.4. The van der Waals surface area contributed by atoms with Gasteiger partial charge < -0.3 is 20.1 Å². The van der Waals surface area contributed by atoms with Crippen molar-refractivity contribution in [2.24, 2.45) is 0 Å². The lowest BCUT2D eigenvalue weighted by Crippen LogP contribution is -2.41. The summed E-state index contributed by atoms with van der Waals surface area (Å²) in [6.07, 6.45) is 1.69. The van der Waals surface area contributed by atoms with Gasteiger partial charge in [-0.15, -0.1) is 0 Å². The molecular formula is C18H24N4O3. The Labute approximate surface area is 147 Å². The van der Waals surface area contributed by atoms with Crippen molar-refractivity contribution < 1.29 is 14.1 Å². The summed E-state index contributed by atoms with van der Waals surface area (Å²) >= 11 is 0. The molecule has 2 N–H and O–H groups in total. The number of anilines is 2. The number of aromatic nitrogens is 1. The summed E-state index contributed by atoms with van der Waals surface area (Å²) in [5.41, 5.74) is 1.90. The van der Waals surface area contributed by atoms with Crippen LogP contribution in [0.2, 0.25) is 0 Å². The summed E-state index contributed by atoms with van der Waals surface area (Å²) < 4.78 is 4.91. The van der Waals surface area contributed by atoms with Crippen LogP contribution in [0.5, 0.6) is 0 Å². The highest BCUT2D eigenvalue weighted by Crippen LogP contribution is 2.11. The summed E-state index contributed by atoms with van der Waals surface area (Å²) in [5.74, 6) is 0.627. The Hall–Kier alpha value is -2.83. The third-order valence-corrected chi connectivity index (χ3v) is 3.62. The van der Waals surface area contributed by atoms with Crippen molar-refractivity contribution in [1.82, 2.24) is 10.1 Å². The van der Waals surface area contributed by atoms with Crippen LogP contribution in [0.15, 0.2) is 34.9 Å². The number of nitrogens with zero attached hydrogens (tertiary/aromatic N) is 2. The van der Waals surface area contributed by atoms with Crippen LogP contribution in [-0.4, -0.2) is 35.1 Å². The Morgan fingerprint density at radius 3 is 2.44 bits per heavy atom. The fraction of sp³-hybridized carbons (Fsp3) is 0.389. The van der Waals surface area contributed by atoms with Crippen molar-refractivity contribution in [3.8, 4) is 0 Å². The number of benzene rings is 1. The second kappa shape index (κ2) is 8.86. The van der Waals surface area contributed by atoms with Gasteiger partial charge in [0.05, 0.1) is 0 Å². The minimum atomic E-state index is -0.321. The van der Waals surface area contributed by atoms with E-state index in [-0.39, 0.29) is 18.5 Å². The second-order valence-electron chi connectivity index (χ2n) is 5.77. The van der Waals surface area contributed by atoms with E-state index in [1.165, 1.54) is 10.5 Å². The van der Waals surface area contributed by atoms with Gasteiger partial charge in [0, 0.05) is 18.3 Å². The van der Waals surface area contributed by atoms with Crippen LogP contribution in [0.1, 0.15) is 31.6 Å². The molecule has 134 valence electrons. The van der Waals surface area contributed by atoms with Crippen LogP contribution in [0.25, 0.3) is 0 Å². The highest BCUT2D eigenvalue weighted by molar-refractivity contribution is 5.96. The van der Waals surface area contributed by atoms with Crippen molar-refractivity contribution in [2.45, 2.75) is 33.6 Å². The Morgan fingerprint density at radius 2 is 1.88 bits per heavy atom. The lowest BCUT2D eigenvalue weighted by atomic mass is 10.1. The molecule has 2 rings (SSSR count). The van der Waals surface area contributed by atoms with Gasteiger partial charge in [-0.2, -0.15) is 0 Å². The lowest BCUT2D eigenvalue weighted by Gasteiger charge is -2.21.